The standard InChI is InChI=1S/C24H27Cl2N5OS/c1-4-30(15(2)3)10-5-6-21(32)31-11-9-17-20(13-31)33-24-22(17)23(27-14-28-24)29-16-7-8-18(25)19(26)12-16/h5-8,12,14-15H,4,9-11,13H2,1-3H3,(H,27,28,29)/b6-5+. The first kappa shape index (κ1) is 24.0. The fourth-order valence-electron chi connectivity index (χ4n) is 4.02. The smallest absolute Gasteiger partial charge is 0.246 e. The normalized spacial score (nSPS) is 14.0. The van der Waals surface area contributed by atoms with Gasteiger partial charge in [0.15, 0.2) is 0 Å². The zero-order chi connectivity index (χ0) is 23.5. The van der Waals surface area contributed by atoms with Crippen LogP contribution in [0.2, 0.25) is 10.0 Å². The van der Waals surface area contributed by atoms with E-state index >= 15 is 0 Å². The molecule has 1 aromatic carbocycles. The van der Waals surface area contributed by atoms with E-state index in [1.807, 2.05) is 17.0 Å². The highest BCUT2D eigenvalue weighted by atomic mass is 35.5. The minimum atomic E-state index is 0.0538. The molecule has 1 N–H and O–H groups in total. The molecule has 174 valence electrons. The maximum Gasteiger partial charge on any atom is 0.246 e. The van der Waals surface area contributed by atoms with Gasteiger partial charge in [0, 0.05) is 35.8 Å². The second kappa shape index (κ2) is 10.4. The molecule has 1 amide bonds. The summed E-state index contributed by atoms with van der Waals surface area (Å²) in [6.07, 6.45) is 6.01. The zero-order valence-electron chi connectivity index (χ0n) is 18.9. The molecule has 0 fully saturated rings. The highest BCUT2D eigenvalue weighted by molar-refractivity contribution is 7.19. The maximum absolute atomic E-state index is 12.8. The number of nitrogens with zero attached hydrogens (tertiary/aromatic N) is 4. The Hall–Kier alpha value is -2.19. The lowest BCUT2D eigenvalue weighted by atomic mass is 10.0. The molecule has 0 radical (unpaired) electrons. The molecule has 2 aromatic heterocycles. The molecule has 3 aromatic rings. The van der Waals surface area contributed by atoms with Crippen molar-refractivity contribution < 1.29 is 4.79 Å². The topological polar surface area (TPSA) is 61.4 Å². The number of hydrogen-bond acceptors (Lipinski definition) is 6. The number of nitrogens with one attached hydrogen (secondary N) is 1. The summed E-state index contributed by atoms with van der Waals surface area (Å²) < 4.78 is 0. The van der Waals surface area contributed by atoms with Gasteiger partial charge in [-0.1, -0.05) is 36.2 Å². The molecule has 33 heavy (non-hydrogen) atoms. The summed E-state index contributed by atoms with van der Waals surface area (Å²) in [5.74, 6) is 0.794. The quantitative estimate of drug-likeness (QED) is 0.405. The summed E-state index contributed by atoms with van der Waals surface area (Å²) in [5.41, 5.74) is 2.02. The lowest BCUT2D eigenvalue weighted by molar-refractivity contribution is -0.126. The second-order valence-corrected chi connectivity index (χ2v) is 10.2. The monoisotopic (exact) mass is 503 g/mol. The van der Waals surface area contributed by atoms with Crippen LogP contribution in [0.25, 0.3) is 10.2 Å². The van der Waals surface area contributed by atoms with Crippen LogP contribution >= 0.6 is 34.5 Å². The van der Waals surface area contributed by atoms with Crippen LogP contribution in [0.3, 0.4) is 0 Å². The molecule has 0 spiro atoms. The first-order valence-corrected chi connectivity index (χ1v) is 12.6. The maximum atomic E-state index is 12.8. The molecule has 3 heterocycles. The Kier molecular flexibility index (Phi) is 7.54. The van der Waals surface area contributed by atoms with E-state index in [0.717, 1.165) is 46.1 Å². The number of halogens is 2. The second-order valence-electron chi connectivity index (χ2n) is 8.25. The molecule has 9 heteroatoms. The van der Waals surface area contributed by atoms with Gasteiger partial charge >= 0.3 is 0 Å². The molecule has 1 aliphatic rings. The Morgan fingerprint density at radius 1 is 1.30 bits per heavy atom. The number of thiophene rings is 1. The number of aromatic nitrogens is 2. The van der Waals surface area contributed by atoms with Crippen molar-refractivity contribution in [3.8, 4) is 0 Å². The van der Waals surface area contributed by atoms with Gasteiger partial charge in [0.2, 0.25) is 5.91 Å². The van der Waals surface area contributed by atoms with Crippen LogP contribution in [0.5, 0.6) is 0 Å². The summed E-state index contributed by atoms with van der Waals surface area (Å²) in [6, 6.07) is 5.86. The minimum absolute atomic E-state index is 0.0538. The van der Waals surface area contributed by atoms with E-state index < -0.39 is 0 Å². The van der Waals surface area contributed by atoms with Crippen LogP contribution in [-0.4, -0.2) is 51.4 Å². The van der Waals surface area contributed by atoms with E-state index in [-0.39, 0.29) is 5.91 Å². The Morgan fingerprint density at radius 3 is 2.85 bits per heavy atom. The number of carbonyl (C=O) groups excluding carboxylic acids is 1. The van der Waals surface area contributed by atoms with Gasteiger partial charge in [-0.25, -0.2) is 9.97 Å². The van der Waals surface area contributed by atoms with Crippen molar-refractivity contribution in [2.75, 3.05) is 25.0 Å². The molecule has 6 nitrogen and oxygen atoms in total. The van der Waals surface area contributed by atoms with E-state index in [4.69, 9.17) is 23.2 Å². The Labute approximate surface area is 208 Å². The average Bonchev–Trinajstić information content (AvgIpc) is 3.17. The van der Waals surface area contributed by atoms with Crippen LogP contribution < -0.4 is 5.32 Å². The Balaban J connectivity index is 1.52. The molecular formula is C24H27Cl2N5OS. The predicted molar refractivity (Wildman–Crippen MR) is 138 cm³/mol. The van der Waals surface area contributed by atoms with E-state index in [9.17, 15) is 4.79 Å². The van der Waals surface area contributed by atoms with Crippen LogP contribution in [0, 0.1) is 0 Å². The van der Waals surface area contributed by atoms with Gasteiger partial charge in [0.1, 0.15) is 17.0 Å². The highest BCUT2D eigenvalue weighted by Crippen LogP contribution is 2.38. The minimum Gasteiger partial charge on any atom is -0.340 e. The lowest BCUT2D eigenvalue weighted by Crippen LogP contribution is -2.34. The zero-order valence-corrected chi connectivity index (χ0v) is 21.3. The molecule has 0 atom stereocenters. The molecule has 1 aliphatic heterocycles. The van der Waals surface area contributed by atoms with Gasteiger partial charge in [-0.15, -0.1) is 11.3 Å². The third-order valence-electron chi connectivity index (χ3n) is 5.87. The highest BCUT2D eigenvalue weighted by Gasteiger charge is 2.25. The number of benzene rings is 1. The van der Waals surface area contributed by atoms with Gasteiger partial charge in [0.05, 0.1) is 22.0 Å². The van der Waals surface area contributed by atoms with E-state index in [0.29, 0.717) is 29.2 Å². The van der Waals surface area contributed by atoms with Crippen molar-refractivity contribution >= 4 is 62.2 Å². The number of anilines is 2. The molecular weight excluding hydrogens is 477 g/mol. The number of carbonyl (C=O) groups is 1. The number of hydrogen-bond donors (Lipinski definition) is 1. The lowest BCUT2D eigenvalue weighted by Gasteiger charge is -2.26. The molecule has 0 bridgehead atoms. The van der Waals surface area contributed by atoms with E-state index in [1.54, 1.807) is 35.9 Å². The van der Waals surface area contributed by atoms with E-state index in [2.05, 4.69) is 41.0 Å². The third kappa shape index (κ3) is 5.32. The molecule has 0 saturated carbocycles. The van der Waals surface area contributed by atoms with Gasteiger partial charge in [-0.2, -0.15) is 0 Å². The third-order valence-corrected chi connectivity index (χ3v) is 7.73. The van der Waals surface area contributed by atoms with Gasteiger partial charge in [-0.05, 0) is 50.6 Å². The van der Waals surface area contributed by atoms with Crippen LogP contribution in [0.4, 0.5) is 11.5 Å². The van der Waals surface area contributed by atoms with Crippen molar-refractivity contribution in [3.05, 3.63) is 57.2 Å². The number of amides is 1. The number of fused-ring (bicyclic) bond motifs is 3. The van der Waals surface area contributed by atoms with Gasteiger partial charge in [-0.3, -0.25) is 9.69 Å². The molecule has 0 aliphatic carbocycles. The molecule has 0 unspecified atom stereocenters. The largest absolute Gasteiger partial charge is 0.340 e. The van der Waals surface area contributed by atoms with Crippen molar-refractivity contribution in [1.82, 2.24) is 19.8 Å². The Morgan fingerprint density at radius 2 is 2.12 bits per heavy atom. The number of rotatable bonds is 7. The van der Waals surface area contributed by atoms with Crippen molar-refractivity contribution in [2.24, 2.45) is 0 Å². The first-order chi connectivity index (χ1) is 15.9. The van der Waals surface area contributed by atoms with Gasteiger partial charge in [0.25, 0.3) is 0 Å². The van der Waals surface area contributed by atoms with Crippen LogP contribution in [0.1, 0.15) is 31.2 Å². The SMILES string of the molecule is CCN(C/C=C/C(=O)N1CCc2c(sc3ncnc(Nc4ccc(Cl)c(Cl)c4)c23)C1)C(C)C. The van der Waals surface area contributed by atoms with Crippen molar-refractivity contribution in [3.63, 3.8) is 0 Å². The average molecular weight is 504 g/mol. The van der Waals surface area contributed by atoms with Crippen molar-refractivity contribution in [1.29, 1.82) is 0 Å². The molecule has 4 rings (SSSR count). The number of likely N-dealkylation sites (N-methyl/N-ethyl adjacent to an activating group) is 1. The summed E-state index contributed by atoms with van der Waals surface area (Å²) in [7, 11) is 0. The predicted octanol–water partition coefficient (Wildman–Crippen LogP) is 5.91. The van der Waals surface area contributed by atoms with Gasteiger partial charge < -0.3 is 10.2 Å². The molecule has 0 saturated heterocycles. The first-order valence-electron chi connectivity index (χ1n) is 11.0. The van der Waals surface area contributed by atoms with E-state index in [1.165, 1.54) is 5.56 Å². The summed E-state index contributed by atoms with van der Waals surface area (Å²) >= 11 is 13.8. The summed E-state index contributed by atoms with van der Waals surface area (Å²) in [4.78, 5) is 28.0. The fourth-order valence-corrected chi connectivity index (χ4v) is 5.52. The Bertz CT molecular complexity index is 1190. The fraction of sp³-hybridized carbons (Fsp3) is 0.375. The summed E-state index contributed by atoms with van der Waals surface area (Å²) in [5, 5.41) is 5.36. The summed E-state index contributed by atoms with van der Waals surface area (Å²) in [6.45, 7) is 9.47. The van der Waals surface area contributed by atoms with Crippen LogP contribution in [-0.2, 0) is 17.8 Å². The van der Waals surface area contributed by atoms with Crippen LogP contribution in [0.15, 0.2) is 36.7 Å². The van der Waals surface area contributed by atoms with Crippen molar-refractivity contribution in [2.45, 2.75) is 39.8 Å².